The van der Waals surface area contributed by atoms with Crippen molar-refractivity contribution in [3.05, 3.63) is 42.1 Å². The number of hydrogen-bond donors (Lipinski definition) is 1. The van der Waals surface area contributed by atoms with Crippen LogP contribution in [-0.2, 0) is 0 Å². The first kappa shape index (κ1) is 12.4. The lowest BCUT2D eigenvalue weighted by Crippen LogP contribution is -2.18. The Labute approximate surface area is 108 Å². The van der Waals surface area contributed by atoms with Gasteiger partial charge in [0.05, 0.1) is 0 Å². The monoisotopic (exact) mass is 242 g/mol. The first-order chi connectivity index (χ1) is 8.76. The molecular weight excluding hydrogens is 224 g/mol. The van der Waals surface area contributed by atoms with E-state index in [1.807, 2.05) is 25.2 Å². The lowest BCUT2D eigenvalue weighted by molar-refractivity contribution is 0.971. The van der Waals surface area contributed by atoms with Crippen LogP contribution in [0, 0.1) is 6.92 Å². The van der Waals surface area contributed by atoms with Gasteiger partial charge in [-0.05, 0) is 31.5 Å². The lowest BCUT2D eigenvalue weighted by atomic mass is 10.2. The van der Waals surface area contributed by atoms with E-state index in [-0.39, 0.29) is 0 Å². The summed E-state index contributed by atoms with van der Waals surface area (Å²) < 4.78 is 0. The summed E-state index contributed by atoms with van der Waals surface area (Å²) in [6.07, 6.45) is 1.77. The van der Waals surface area contributed by atoms with E-state index < -0.39 is 0 Å². The maximum Gasteiger partial charge on any atom is 0.224 e. The SMILES string of the molecule is CCN(c1ccnc(NC)n1)c1ccccc1C. The highest BCUT2D eigenvalue weighted by Crippen LogP contribution is 2.26. The van der Waals surface area contributed by atoms with Gasteiger partial charge in [-0.15, -0.1) is 0 Å². The van der Waals surface area contributed by atoms with Gasteiger partial charge in [-0.25, -0.2) is 4.98 Å². The maximum atomic E-state index is 4.48. The molecule has 18 heavy (non-hydrogen) atoms. The molecule has 0 fully saturated rings. The zero-order chi connectivity index (χ0) is 13.0. The molecule has 0 bridgehead atoms. The molecule has 4 heteroatoms. The zero-order valence-electron chi connectivity index (χ0n) is 11.0. The number of rotatable bonds is 4. The van der Waals surface area contributed by atoms with Crippen molar-refractivity contribution >= 4 is 17.5 Å². The van der Waals surface area contributed by atoms with Crippen LogP contribution in [0.2, 0.25) is 0 Å². The second-order valence-electron chi connectivity index (χ2n) is 4.02. The normalized spacial score (nSPS) is 10.2. The van der Waals surface area contributed by atoms with E-state index in [9.17, 15) is 0 Å². The highest BCUT2D eigenvalue weighted by molar-refractivity contribution is 5.63. The van der Waals surface area contributed by atoms with Crippen molar-refractivity contribution in [1.29, 1.82) is 0 Å². The summed E-state index contributed by atoms with van der Waals surface area (Å²) >= 11 is 0. The number of nitrogens with zero attached hydrogens (tertiary/aromatic N) is 3. The quantitative estimate of drug-likeness (QED) is 0.895. The Morgan fingerprint density at radius 1 is 1.22 bits per heavy atom. The van der Waals surface area contributed by atoms with Gasteiger partial charge in [0, 0.05) is 25.5 Å². The summed E-state index contributed by atoms with van der Waals surface area (Å²) in [6, 6.07) is 10.2. The first-order valence-corrected chi connectivity index (χ1v) is 6.10. The Bertz CT molecular complexity index is 525. The van der Waals surface area contributed by atoms with E-state index in [2.05, 4.69) is 46.2 Å². The Balaban J connectivity index is 2.42. The van der Waals surface area contributed by atoms with E-state index >= 15 is 0 Å². The smallest absolute Gasteiger partial charge is 0.224 e. The summed E-state index contributed by atoms with van der Waals surface area (Å²) in [5.74, 6) is 1.55. The minimum absolute atomic E-state index is 0.638. The first-order valence-electron chi connectivity index (χ1n) is 6.10. The second kappa shape index (κ2) is 5.49. The van der Waals surface area contributed by atoms with Gasteiger partial charge < -0.3 is 10.2 Å². The number of anilines is 3. The molecule has 0 atom stereocenters. The molecule has 1 N–H and O–H groups in total. The summed E-state index contributed by atoms with van der Waals surface area (Å²) in [5, 5.41) is 2.96. The van der Waals surface area contributed by atoms with Crippen LogP contribution in [0.4, 0.5) is 17.5 Å². The predicted molar refractivity (Wildman–Crippen MR) is 75.4 cm³/mol. The number of aryl methyl sites for hydroxylation is 1. The third-order valence-corrected chi connectivity index (χ3v) is 2.86. The molecule has 4 nitrogen and oxygen atoms in total. The molecule has 0 saturated carbocycles. The van der Waals surface area contributed by atoms with Gasteiger partial charge in [-0.2, -0.15) is 4.98 Å². The number of benzene rings is 1. The number of para-hydroxylation sites is 1. The highest BCUT2D eigenvalue weighted by Gasteiger charge is 2.11. The Morgan fingerprint density at radius 2 is 2.00 bits per heavy atom. The number of hydrogen-bond acceptors (Lipinski definition) is 4. The molecule has 1 heterocycles. The van der Waals surface area contributed by atoms with Crippen LogP contribution >= 0.6 is 0 Å². The van der Waals surface area contributed by atoms with Crippen molar-refractivity contribution < 1.29 is 0 Å². The average molecular weight is 242 g/mol. The van der Waals surface area contributed by atoms with Crippen molar-refractivity contribution in [3.8, 4) is 0 Å². The third-order valence-electron chi connectivity index (χ3n) is 2.86. The van der Waals surface area contributed by atoms with Gasteiger partial charge in [0.1, 0.15) is 5.82 Å². The topological polar surface area (TPSA) is 41.1 Å². The van der Waals surface area contributed by atoms with Crippen LogP contribution < -0.4 is 10.2 Å². The lowest BCUT2D eigenvalue weighted by Gasteiger charge is -2.24. The van der Waals surface area contributed by atoms with E-state index in [4.69, 9.17) is 0 Å². The molecule has 0 amide bonds. The molecule has 94 valence electrons. The van der Waals surface area contributed by atoms with Gasteiger partial charge in [0.15, 0.2) is 0 Å². The molecule has 2 aromatic rings. The van der Waals surface area contributed by atoms with E-state index in [1.54, 1.807) is 6.20 Å². The Morgan fingerprint density at radius 3 is 2.67 bits per heavy atom. The van der Waals surface area contributed by atoms with Crippen LogP contribution in [0.1, 0.15) is 12.5 Å². The maximum absolute atomic E-state index is 4.48. The van der Waals surface area contributed by atoms with Crippen molar-refractivity contribution in [1.82, 2.24) is 9.97 Å². The molecule has 0 aliphatic rings. The summed E-state index contributed by atoms with van der Waals surface area (Å²) in [7, 11) is 1.82. The van der Waals surface area contributed by atoms with Crippen molar-refractivity contribution in [2.24, 2.45) is 0 Å². The van der Waals surface area contributed by atoms with Gasteiger partial charge in [-0.3, -0.25) is 0 Å². The van der Waals surface area contributed by atoms with Gasteiger partial charge in [-0.1, -0.05) is 18.2 Å². The Kier molecular flexibility index (Phi) is 3.77. The van der Waals surface area contributed by atoms with Crippen molar-refractivity contribution in [3.63, 3.8) is 0 Å². The van der Waals surface area contributed by atoms with Crippen LogP contribution in [-0.4, -0.2) is 23.6 Å². The third kappa shape index (κ3) is 2.42. The second-order valence-corrected chi connectivity index (χ2v) is 4.02. The molecule has 1 aromatic heterocycles. The van der Waals surface area contributed by atoms with Crippen LogP contribution in [0.5, 0.6) is 0 Å². The molecule has 0 aliphatic carbocycles. The fourth-order valence-electron chi connectivity index (χ4n) is 1.94. The average Bonchev–Trinajstić information content (AvgIpc) is 2.42. The summed E-state index contributed by atoms with van der Waals surface area (Å²) in [4.78, 5) is 10.8. The van der Waals surface area contributed by atoms with Crippen molar-refractivity contribution in [2.75, 3.05) is 23.8 Å². The predicted octanol–water partition coefficient (Wildman–Crippen LogP) is 2.98. The fourth-order valence-corrected chi connectivity index (χ4v) is 1.94. The molecule has 0 aliphatic heterocycles. The van der Waals surface area contributed by atoms with Crippen LogP contribution in [0.25, 0.3) is 0 Å². The fraction of sp³-hybridized carbons (Fsp3) is 0.286. The molecule has 0 radical (unpaired) electrons. The molecule has 0 saturated heterocycles. The molecular formula is C14H18N4. The van der Waals surface area contributed by atoms with Gasteiger partial charge in [0.2, 0.25) is 5.95 Å². The van der Waals surface area contributed by atoms with Gasteiger partial charge in [0.25, 0.3) is 0 Å². The minimum Gasteiger partial charge on any atom is -0.357 e. The van der Waals surface area contributed by atoms with Crippen molar-refractivity contribution in [2.45, 2.75) is 13.8 Å². The Hall–Kier alpha value is -2.10. The van der Waals surface area contributed by atoms with Gasteiger partial charge >= 0.3 is 0 Å². The van der Waals surface area contributed by atoms with Crippen LogP contribution in [0.15, 0.2) is 36.5 Å². The standard InChI is InChI=1S/C14H18N4/c1-4-18(12-8-6-5-7-11(12)2)13-9-10-16-14(15-3)17-13/h5-10H,4H2,1-3H3,(H,15,16,17). The van der Waals surface area contributed by atoms with E-state index in [0.717, 1.165) is 12.4 Å². The highest BCUT2D eigenvalue weighted by atomic mass is 15.2. The molecule has 0 unspecified atom stereocenters. The van der Waals surface area contributed by atoms with E-state index in [1.165, 1.54) is 11.3 Å². The number of nitrogens with one attached hydrogen (secondary N) is 1. The minimum atomic E-state index is 0.638. The molecule has 2 rings (SSSR count). The van der Waals surface area contributed by atoms with E-state index in [0.29, 0.717) is 5.95 Å². The molecule has 0 spiro atoms. The van der Waals surface area contributed by atoms with Crippen LogP contribution in [0.3, 0.4) is 0 Å². The summed E-state index contributed by atoms with van der Waals surface area (Å²) in [6.45, 7) is 5.09. The molecule has 1 aromatic carbocycles. The summed E-state index contributed by atoms with van der Waals surface area (Å²) in [5.41, 5.74) is 2.42. The number of aromatic nitrogens is 2. The zero-order valence-corrected chi connectivity index (χ0v) is 11.0. The largest absolute Gasteiger partial charge is 0.357 e.